The van der Waals surface area contributed by atoms with E-state index >= 15 is 0 Å². The lowest BCUT2D eigenvalue weighted by Gasteiger charge is -2.38. The number of amides is 1. The number of para-hydroxylation sites is 1. The highest BCUT2D eigenvalue weighted by molar-refractivity contribution is 9.09. The minimum atomic E-state index is 0.111. The minimum absolute atomic E-state index is 0.111. The van der Waals surface area contributed by atoms with Gasteiger partial charge in [-0.1, -0.05) is 28.1 Å². The summed E-state index contributed by atoms with van der Waals surface area (Å²) in [7, 11) is 0. The zero-order chi connectivity index (χ0) is 14.4. The Bertz CT molecular complexity index is 446. The van der Waals surface area contributed by atoms with Crippen molar-refractivity contribution in [2.24, 2.45) is 0 Å². The Balaban J connectivity index is 2.17. The second-order valence-electron chi connectivity index (χ2n) is 5.05. The first-order chi connectivity index (χ1) is 9.77. The maximum Gasteiger partial charge on any atom is 0.257 e. The zero-order valence-corrected chi connectivity index (χ0v) is 13.6. The molecular formula is C16H22BrNO2. The van der Waals surface area contributed by atoms with Gasteiger partial charge in [-0.2, -0.15) is 0 Å². The number of alkyl halides is 1. The summed E-state index contributed by atoms with van der Waals surface area (Å²) in [4.78, 5) is 14.8. The lowest BCUT2D eigenvalue weighted by Crippen LogP contribution is -2.45. The van der Waals surface area contributed by atoms with E-state index in [1.54, 1.807) is 0 Å². The number of carbonyl (C=O) groups excluding carboxylic acids is 1. The third-order valence-electron chi connectivity index (χ3n) is 3.73. The molecule has 0 heterocycles. The predicted molar refractivity (Wildman–Crippen MR) is 84.7 cm³/mol. The van der Waals surface area contributed by atoms with Crippen LogP contribution in [0.1, 0.15) is 43.0 Å². The molecule has 0 aromatic heterocycles. The highest BCUT2D eigenvalue weighted by atomic mass is 79.9. The molecule has 1 aliphatic carbocycles. The van der Waals surface area contributed by atoms with Gasteiger partial charge in [0.05, 0.1) is 12.2 Å². The second kappa shape index (κ2) is 7.67. The molecule has 1 aromatic rings. The number of rotatable bonds is 7. The number of benzene rings is 1. The normalized spacial score (nSPS) is 14.7. The third kappa shape index (κ3) is 3.54. The fourth-order valence-corrected chi connectivity index (χ4v) is 2.71. The highest BCUT2D eigenvalue weighted by Gasteiger charge is 2.30. The van der Waals surface area contributed by atoms with Crippen LogP contribution in [0.2, 0.25) is 0 Å². The number of nitrogens with zero attached hydrogens (tertiary/aromatic N) is 1. The fourth-order valence-electron chi connectivity index (χ4n) is 2.46. The largest absolute Gasteiger partial charge is 0.493 e. The Kier molecular flexibility index (Phi) is 5.89. The van der Waals surface area contributed by atoms with Crippen LogP contribution in [0.4, 0.5) is 0 Å². The minimum Gasteiger partial charge on any atom is -0.493 e. The maximum atomic E-state index is 12.8. The topological polar surface area (TPSA) is 29.5 Å². The predicted octanol–water partition coefficient (Wildman–Crippen LogP) is 3.87. The van der Waals surface area contributed by atoms with Gasteiger partial charge in [0.25, 0.3) is 5.91 Å². The van der Waals surface area contributed by atoms with Crippen LogP contribution in [-0.2, 0) is 0 Å². The molecule has 110 valence electrons. The van der Waals surface area contributed by atoms with Gasteiger partial charge in [0, 0.05) is 17.9 Å². The number of hydrogen-bond donors (Lipinski definition) is 0. The van der Waals surface area contributed by atoms with E-state index in [0.29, 0.717) is 24.0 Å². The van der Waals surface area contributed by atoms with E-state index in [4.69, 9.17) is 4.74 Å². The van der Waals surface area contributed by atoms with Crippen molar-refractivity contribution in [3.8, 4) is 5.75 Å². The van der Waals surface area contributed by atoms with Crippen LogP contribution in [0.15, 0.2) is 24.3 Å². The molecule has 0 N–H and O–H groups in total. The molecule has 1 aliphatic rings. The van der Waals surface area contributed by atoms with Crippen LogP contribution in [0.3, 0.4) is 0 Å². The summed E-state index contributed by atoms with van der Waals surface area (Å²) in [5.41, 5.74) is 0.691. The summed E-state index contributed by atoms with van der Waals surface area (Å²) in [5, 5.41) is 0.927. The Morgan fingerprint density at radius 2 is 2.15 bits per heavy atom. The molecule has 20 heavy (non-hydrogen) atoms. The molecule has 1 saturated carbocycles. The Morgan fingerprint density at radius 3 is 2.75 bits per heavy atom. The van der Waals surface area contributed by atoms with Gasteiger partial charge in [0.2, 0.25) is 0 Å². The second-order valence-corrected chi connectivity index (χ2v) is 5.85. The lowest BCUT2D eigenvalue weighted by atomic mass is 9.90. The highest BCUT2D eigenvalue weighted by Crippen LogP contribution is 2.28. The first kappa shape index (κ1) is 15.4. The van der Waals surface area contributed by atoms with Crippen LogP contribution < -0.4 is 4.74 Å². The van der Waals surface area contributed by atoms with Gasteiger partial charge >= 0.3 is 0 Å². The van der Waals surface area contributed by atoms with Crippen LogP contribution in [0.25, 0.3) is 0 Å². The number of hydrogen-bond acceptors (Lipinski definition) is 2. The van der Waals surface area contributed by atoms with E-state index < -0.39 is 0 Å². The van der Waals surface area contributed by atoms with Crippen molar-refractivity contribution in [2.75, 3.05) is 18.5 Å². The van der Waals surface area contributed by atoms with Crippen molar-refractivity contribution < 1.29 is 9.53 Å². The van der Waals surface area contributed by atoms with Crippen molar-refractivity contribution in [1.29, 1.82) is 0 Å². The molecule has 0 aliphatic heterocycles. The quantitative estimate of drug-likeness (QED) is 0.706. The van der Waals surface area contributed by atoms with Gasteiger partial charge in [-0.05, 0) is 44.7 Å². The van der Waals surface area contributed by atoms with Crippen LogP contribution in [-0.4, -0.2) is 35.3 Å². The summed E-state index contributed by atoms with van der Waals surface area (Å²) in [6.07, 6.45) is 4.48. The maximum absolute atomic E-state index is 12.8. The van der Waals surface area contributed by atoms with Gasteiger partial charge in [0.15, 0.2) is 0 Å². The van der Waals surface area contributed by atoms with Crippen molar-refractivity contribution in [3.63, 3.8) is 0 Å². The van der Waals surface area contributed by atoms with Crippen LogP contribution >= 0.6 is 15.9 Å². The number of carbonyl (C=O) groups is 1. The molecule has 3 nitrogen and oxygen atoms in total. The van der Waals surface area contributed by atoms with Crippen LogP contribution in [0.5, 0.6) is 5.75 Å². The van der Waals surface area contributed by atoms with Gasteiger partial charge in [-0.15, -0.1) is 0 Å². The van der Waals surface area contributed by atoms with E-state index in [2.05, 4.69) is 15.9 Å². The van der Waals surface area contributed by atoms with Gasteiger partial charge < -0.3 is 9.64 Å². The molecule has 0 atom stereocenters. The van der Waals surface area contributed by atoms with E-state index in [0.717, 1.165) is 31.1 Å². The van der Waals surface area contributed by atoms with E-state index in [-0.39, 0.29) is 5.91 Å². The molecule has 1 fully saturated rings. The van der Waals surface area contributed by atoms with Crippen molar-refractivity contribution in [1.82, 2.24) is 4.90 Å². The SMILES string of the molecule is CCOc1ccccc1C(=O)N(CCCBr)C1CCC1. The molecular weight excluding hydrogens is 318 g/mol. The molecule has 1 amide bonds. The summed E-state index contributed by atoms with van der Waals surface area (Å²) < 4.78 is 5.59. The molecule has 0 bridgehead atoms. The van der Waals surface area contributed by atoms with E-state index in [1.807, 2.05) is 36.1 Å². The standard InChI is InChI=1S/C16H22BrNO2/c1-2-20-15-10-4-3-9-14(15)16(19)18(12-6-11-17)13-7-5-8-13/h3-4,9-10,13H,2,5-8,11-12H2,1H3. The molecule has 1 aromatic carbocycles. The van der Waals surface area contributed by atoms with Gasteiger partial charge in [-0.3, -0.25) is 4.79 Å². The average molecular weight is 340 g/mol. The Hall–Kier alpha value is -1.03. The summed E-state index contributed by atoms with van der Waals surface area (Å²) in [5.74, 6) is 0.808. The molecule has 0 spiro atoms. The average Bonchev–Trinajstić information content (AvgIpc) is 2.41. The molecule has 0 unspecified atom stereocenters. The molecule has 4 heteroatoms. The van der Waals surface area contributed by atoms with E-state index in [9.17, 15) is 4.79 Å². The number of halogens is 1. The van der Waals surface area contributed by atoms with Crippen molar-refractivity contribution >= 4 is 21.8 Å². The molecule has 0 radical (unpaired) electrons. The van der Waals surface area contributed by atoms with Crippen molar-refractivity contribution in [3.05, 3.63) is 29.8 Å². The van der Waals surface area contributed by atoms with Crippen LogP contribution in [0, 0.1) is 0 Å². The number of ether oxygens (including phenoxy) is 1. The monoisotopic (exact) mass is 339 g/mol. The summed E-state index contributed by atoms with van der Waals surface area (Å²) in [6.45, 7) is 3.33. The summed E-state index contributed by atoms with van der Waals surface area (Å²) >= 11 is 3.45. The molecule has 2 rings (SSSR count). The first-order valence-electron chi connectivity index (χ1n) is 7.36. The molecule has 0 saturated heterocycles. The van der Waals surface area contributed by atoms with Crippen molar-refractivity contribution in [2.45, 2.75) is 38.6 Å². The van der Waals surface area contributed by atoms with E-state index in [1.165, 1.54) is 6.42 Å². The lowest BCUT2D eigenvalue weighted by molar-refractivity contribution is 0.0577. The third-order valence-corrected chi connectivity index (χ3v) is 4.29. The Labute approximate surface area is 129 Å². The fraction of sp³-hybridized carbons (Fsp3) is 0.562. The van der Waals surface area contributed by atoms with Gasteiger partial charge in [0.1, 0.15) is 5.75 Å². The van der Waals surface area contributed by atoms with Gasteiger partial charge in [-0.25, -0.2) is 0 Å². The summed E-state index contributed by atoms with van der Waals surface area (Å²) in [6, 6.07) is 7.97. The Morgan fingerprint density at radius 1 is 1.40 bits per heavy atom. The smallest absolute Gasteiger partial charge is 0.257 e. The first-order valence-corrected chi connectivity index (χ1v) is 8.48. The zero-order valence-electron chi connectivity index (χ0n) is 12.0.